The highest BCUT2D eigenvalue weighted by Crippen LogP contribution is 2.41. The molecule has 3 rings (SSSR count). The van der Waals surface area contributed by atoms with Gasteiger partial charge in [-0.15, -0.1) is 0 Å². The third kappa shape index (κ3) is 10.7. The van der Waals surface area contributed by atoms with Gasteiger partial charge in [0.1, 0.15) is 0 Å². The van der Waals surface area contributed by atoms with Crippen molar-refractivity contribution in [1.82, 2.24) is 0 Å². The average molecular weight is 466 g/mol. The van der Waals surface area contributed by atoms with Crippen molar-refractivity contribution in [2.24, 2.45) is 11.7 Å². The lowest BCUT2D eigenvalue weighted by Gasteiger charge is -2.32. The van der Waals surface area contributed by atoms with Crippen LogP contribution in [0.5, 0.6) is 0 Å². The maximum atomic E-state index is 4.61. The highest BCUT2D eigenvalue weighted by Gasteiger charge is 2.25. The summed E-state index contributed by atoms with van der Waals surface area (Å²) in [5, 5.41) is 0. The van der Waals surface area contributed by atoms with E-state index in [1.165, 1.54) is 101 Å². The minimum atomic E-state index is 0.250. The molecule has 2 aliphatic rings. The lowest BCUT2D eigenvalue weighted by Crippen LogP contribution is -2.17. The largest absolute Gasteiger partial charge is 0.405 e. The molecule has 0 radical (unpaired) electrons. The summed E-state index contributed by atoms with van der Waals surface area (Å²) >= 11 is 0. The van der Waals surface area contributed by atoms with E-state index in [1.54, 1.807) is 11.1 Å². The van der Waals surface area contributed by atoms with Gasteiger partial charge in [-0.1, -0.05) is 122 Å². The Hall–Kier alpha value is -1.76. The summed E-state index contributed by atoms with van der Waals surface area (Å²) in [4.78, 5) is 0. The monoisotopic (exact) mass is 465 g/mol. The van der Waals surface area contributed by atoms with Crippen LogP contribution in [0.25, 0.3) is 0 Å². The molecule has 0 bridgehead atoms. The van der Waals surface area contributed by atoms with Crippen molar-refractivity contribution in [1.29, 1.82) is 0 Å². The molecule has 0 aliphatic heterocycles. The Morgan fingerprint density at radius 2 is 1.53 bits per heavy atom. The first-order valence-corrected chi connectivity index (χ1v) is 14.2. The Balaban J connectivity index is 0.00000107. The van der Waals surface area contributed by atoms with Gasteiger partial charge in [0.15, 0.2) is 0 Å². The summed E-state index contributed by atoms with van der Waals surface area (Å²) in [6, 6.07) is 9.38. The van der Waals surface area contributed by atoms with Crippen LogP contribution in [-0.2, 0) is 11.8 Å². The van der Waals surface area contributed by atoms with Crippen molar-refractivity contribution < 1.29 is 0 Å². The lowest BCUT2D eigenvalue weighted by atomic mass is 9.73. The van der Waals surface area contributed by atoms with Gasteiger partial charge in [0.25, 0.3) is 0 Å². The maximum Gasteiger partial charge on any atom is -0.0132 e. The van der Waals surface area contributed by atoms with E-state index in [0.29, 0.717) is 0 Å². The van der Waals surface area contributed by atoms with Gasteiger partial charge in [0, 0.05) is 0 Å². The SMILES string of the molecule is C=CN.CC.CCCCCCCC1=C(C2CCC2)C=C(CCc2ccc(C(C)(C)C)cc2)CC1. The predicted octanol–water partition coefficient (Wildman–Crippen LogP) is 10.2. The Labute approximate surface area is 213 Å². The fraction of sp³-hybridized carbons (Fsp3) is 0.636. The number of allylic oxidation sites excluding steroid dienone is 4. The molecule has 0 amide bonds. The number of aryl methyl sites for hydroxylation is 1. The van der Waals surface area contributed by atoms with Crippen LogP contribution in [0, 0.1) is 5.92 Å². The van der Waals surface area contributed by atoms with Crippen molar-refractivity contribution in [2.45, 2.75) is 130 Å². The number of nitrogens with two attached hydrogens (primary N) is 1. The third-order valence-electron chi connectivity index (χ3n) is 7.20. The minimum Gasteiger partial charge on any atom is -0.405 e. The Morgan fingerprint density at radius 3 is 2.06 bits per heavy atom. The van der Waals surface area contributed by atoms with E-state index in [9.17, 15) is 0 Å². The number of rotatable bonds is 10. The van der Waals surface area contributed by atoms with Crippen LogP contribution in [-0.4, -0.2) is 0 Å². The van der Waals surface area contributed by atoms with Crippen LogP contribution >= 0.6 is 0 Å². The molecular weight excluding hydrogens is 410 g/mol. The zero-order chi connectivity index (χ0) is 25.4. The molecule has 1 fully saturated rings. The van der Waals surface area contributed by atoms with Crippen molar-refractivity contribution in [2.75, 3.05) is 0 Å². The van der Waals surface area contributed by atoms with E-state index in [-0.39, 0.29) is 5.41 Å². The average Bonchev–Trinajstić information content (AvgIpc) is 2.79. The molecule has 2 N–H and O–H groups in total. The van der Waals surface area contributed by atoms with Gasteiger partial charge in [-0.25, -0.2) is 0 Å². The van der Waals surface area contributed by atoms with Gasteiger partial charge in [-0.05, 0) is 85.6 Å². The van der Waals surface area contributed by atoms with Gasteiger partial charge in [0.2, 0.25) is 0 Å². The molecule has 1 saturated carbocycles. The van der Waals surface area contributed by atoms with Crippen LogP contribution < -0.4 is 5.73 Å². The molecule has 0 unspecified atom stereocenters. The van der Waals surface area contributed by atoms with Crippen molar-refractivity contribution in [3.05, 3.63) is 71.0 Å². The summed E-state index contributed by atoms with van der Waals surface area (Å²) in [6.45, 7) is 16.3. The maximum absolute atomic E-state index is 4.61. The minimum absolute atomic E-state index is 0.250. The summed E-state index contributed by atoms with van der Waals surface area (Å²) in [5.74, 6) is 0.891. The Kier molecular flexibility index (Phi) is 15.0. The second kappa shape index (κ2) is 16.8. The normalized spacial score (nSPS) is 15.9. The highest BCUT2D eigenvalue weighted by atomic mass is 14.5. The fourth-order valence-corrected chi connectivity index (χ4v) is 4.86. The first-order valence-electron chi connectivity index (χ1n) is 14.2. The standard InChI is InChI=1S/C29H44.C2H5N.C2H6/c1-5-6-7-8-9-11-26-19-16-24(22-28(26)25-12-10-13-25)15-14-23-17-20-27(21-18-23)29(2,3)4;1-2-3;1-2/h17-18,20-22,25H,5-16,19H2,1-4H3;2H,1,3H2;1-2H3. The van der Waals surface area contributed by atoms with E-state index in [4.69, 9.17) is 0 Å². The number of benzene rings is 1. The van der Waals surface area contributed by atoms with Crippen molar-refractivity contribution >= 4 is 0 Å². The number of hydrogen-bond donors (Lipinski definition) is 1. The van der Waals surface area contributed by atoms with Crippen LogP contribution in [0.1, 0.15) is 130 Å². The van der Waals surface area contributed by atoms with Gasteiger partial charge in [0.05, 0.1) is 0 Å². The zero-order valence-electron chi connectivity index (χ0n) is 23.5. The number of unbranched alkanes of at least 4 members (excludes halogenated alkanes) is 4. The fourth-order valence-electron chi connectivity index (χ4n) is 4.86. The molecule has 34 heavy (non-hydrogen) atoms. The second-order valence-corrected chi connectivity index (χ2v) is 10.8. The Morgan fingerprint density at radius 1 is 0.912 bits per heavy atom. The van der Waals surface area contributed by atoms with E-state index in [1.807, 2.05) is 19.4 Å². The zero-order valence-corrected chi connectivity index (χ0v) is 23.5. The molecule has 0 saturated heterocycles. The molecule has 2 aliphatic carbocycles. The lowest BCUT2D eigenvalue weighted by molar-refractivity contribution is 0.368. The molecule has 0 heterocycles. The van der Waals surface area contributed by atoms with Crippen molar-refractivity contribution in [3.8, 4) is 0 Å². The molecule has 1 aromatic rings. The highest BCUT2D eigenvalue weighted by molar-refractivity contribution is 5.37. The first kappa shape index (κ1) is 30.3. The number of hydrogen-bond acceptors (Lipinski definition) is 1. The molecule has 1 aromatic carbocycles. The van der Waals surface area contributed by atoms with Gasteiger partial charge >= 0.3 is 0 Å². The molecule has 1 heteroatoms. The smallest absolute Gasteiger partial charge is 0.0132 e. The molecule has 0 atom stereocenters. The molecule has 192 valence electrons. The summed E-state index contributed by atoms with van der Waals surface area (Å²) in [5.41, 5.74) is 13.1. The topological polar surface area (TPSA) is 26.0 Å². The van der Waals surface area contributed by atoms with Crippen LogP contribution in [0.2, 0.25) is 0 Å². The van der Waals surface area contributed by atoms with Crippen LogP contribution in [0.15, 0.2) is 59.8 Å². The van der Waals surface area contributed by atoms with E-state index < -0.39 is 0 Å². The van der Waals surface area contributed by atoms with E-state index in [2.05, 4.69) is 70.3 Å². The van der Waals surface area contributed by atoms with Crippen molar-refractivity contribution in [3.63, 3.8) is 0 Å². The van der Waals surface area contributed by atoms with Gasteiger partial charge < -0.3 is 5.73 Å². The second-order valence-electron chi connectivity index (χ2n) is 10.8. The molecule has 0 aromatic heterocycles. The van der Waals surface area contributed by atoms with Gasteiger partial charge in [-0.2, -0.15) is 0 Å². The first-order chi connectivity index (χ1) is 16.4. The summed E-state index contributed by atoms with van der Waals surface area (Å²) in [6.07, 6.45) is 21.7. The summed E-state index contributed by atoms with van der Waals surface area (Å²) in [7, 11) is 0. The quantitative estimate of drug-likeness (QED) is 0.342. The molecular formula is C33H55N. The van der Waals surface area contributed by atoms with E-state index in [0.717, 1.165) is 5.92 Å². The van der Waals surface area contributed by atoms with E-state index >= 15 is 0 Å². The summed E-state index contributed by atoms with van der Waals surface area (Å²) < 4.78 is 0. The molecule has 0 spiro atoms. The van der Waals surface area contributed by atoms with Crippen LogP contribution in [0.4, 0.5) is 0 Å². The Bertz CT molecular complexity index is 738. The predicted molar refractivity (Wildman–Crippen MR) is 154 cm³/mol. The molecule has 1 nitrogen and oxygen atoms in total. The van der Waals surface area contributed by atoms with Crippen LogP contribution in [0.3, 0.4) is 0 Å². The third-order valence-corrected chi connectivity index (χ3v) is 7.20. The van der Waals surface area contributed by atoms with Gasteiger partial charge in [-0.3, -0.25) is 0 Å².